The molecule has 0 bridgehead atoms. The van der Waals surface area contributed by atoms with E-state index in [1.54, 1.807) is 6.21 Å². The highest BCUT2D eigenvalue weighted by Crippen LogP contribution is 2.24. The molecule has 21 heavy (non-hydrogen) atoms. The van der Waals surface area contributed by atoms with Gasteiger partial charge in [0.1, 0.15) is 0 Å². The third-order valence-corrected chi connectivity index (χ3v) is 3.60. The molecular weight excluding hydrogens is 258 g/mol. The number of rotatable bonds is 4. The van der Waals surface area contributed by atoms with Crippen LogP contribution in [0.5, 0.6) is 0 Å². The van der Waals surface area contributed by atoms with Crippen molar-refractivity contribution in [2.45, 2.75) is 34.1 Å². The van der Waals surface area contributed by atoms with E-state index in [-0.39, 0.29) is 5.78 Å². The Labute approximate surface area is 126 Å². The van der Waals surface area contributed by atoms with Crippen LogP contribution in [0.2, 0.25) is 0 Å². The van der Waals surface area contributed by atoms with Crippen LogP contribution in [-0.2, 0) is 6.42 Å². The number of nitrogens with zero attached hydrogens (tertiary/aromatic N) is 1. The van der Waals surface area contributed by atoms with Crippen molar-refractivity contribution in [3.63, 3.8) is 0 Å². The fourth-order valence-corrected chi connectivity index (χ4v) is 2.37. The molecule has 108 valence electrons. The summed E-state index contributed by atoms with van der Waals surface area (Å²) in [5.74, 6) is 0.159. The number of benzene rings is 2. The Bertz CT molecular complexity index is 681. The molecule has 0 fully saturated rings. The van der Waals surface area contributed by atoms with Crippen LogP contribution in [0.1, 0.15) is 39.5 Å². The summed E-state index contributed by atoms with van der Waals surface area (Å²) in [6.45, 7) is 7.90. The average molecular weight is 279 g/mol. The molecular formula is C19H21NO. The smallest absolute Gasteiger partial charge is 0.167 e. The molecule has 0 aliphatic heterocycles. The minimum Gasteiger partial charge on any atom is -0.294 e. The summed E-state index contributed by atoms with van der Waals surface area (Å²) in [5.41, 5.74) is 6.01. The van der Waals surface area contributed by atoms with Crippen LogP contribution in [0.4, 0.5) is 5.69 Å². The van der Waals surface area contributed by atoms with Gasteiger partial charge in [0.2, 0.25) is 0 Å². The van der Waals surface area contributed by atoms with Crippen LogP contribution in [0, 0.1) is 20.8 Å². The van der Waals surface area contributed by atoms with Crippen LogP contribution in [-0.4, -0.2) is 12.0 Å². The van der Waals surface area contributed by atoms with Gasteiger partial charge in [0, 0.05) is 18.2 Å². The Hall–Kier alpha value is -2.22. The number of hydrogen-bond acceptors (Lipinski definition) is 2. The standard InChI is InChI=1S/C19H21NO/c1-5-20-18-11-14(3)17(10-15(18)4)19(21)12-16-8-6-13(2)7-9-16/h5-11H,12H2,1-4H3/b20-5+. The monoisotopic (exact) mass is 279 g/mol. The fraction of sp³-hybridized carbons (Fsp3) is 0.263. The minimum atomic E-state index is 0.159. The lowest BCUT2D eigenvalue weighted by Gasteiger charge is -2.09. The fourth-order valence-electron chi connectivity index (χ4n) is 2.37. The van der Waals surface area contributed by atoms with Crippen molar-refractivity contribution in [3.8, 4) is 0 Å². The number of carbonyl (C=O) groups excluding carboxylic acids is 1. The second-order valence-corrected chi connectivity index (χ2v) is 5.43. The normalized spacial score (nSPS) is 11.0. The molecule has 0 saturated heterocycles. The van der Waals surface area contributed by atoms with Gasteiger partial charge in [-0.25, -0.2) is 0 Å². The third-order valence-electron chi connectivity index (χ3n) is 3.60. The van der Waals surface area contributed by atoms with E-state index >= 15 is 0 Å². The average Bonchev–Trinajstić information content (AvgIpc) is 2.45. The van der Waals surface area contributed by atoms with E-state index < -0.39 is 0 Å². The predicted octanol–water partition coefficient (Wildman–Crippen LogP) is 4.76. The molecule has 0 aliphatic rings. The van der Waals surface area contributed by atoms with E-state index in [1.165, 1.54) is 5.56 Å². The second kappa shape index (κ2) is 6.49. The minimum absolute atomic E-state index is 0.159. The lowest BCUT2D eigenvalue weighted by atomic mass is 9.96. The Morgan fingerprint density at radius 2 is 1.71 bits per heavy atom. The maximum Gasteiger partial charge on any atom is 0.167 e. The maximum absolute atomic E-state index is 12.5. The number of ketones is 1. The van der Waals surface area contributed by atoms with Gasteiger partial charge in [0.05, 0.1) is 5.69 Å². The van der Waals surface area contributed by atoms with Crippen molar-refractivity contribution in [2.24, 2.45) is 4.99 Å². The number of Topliss-reactive ketones (excluding diaryl/α,β-unsaturated/α-hetero) is 1. The van der Waals surface area contributed by atoms with Gasteiger partial charge in [-0.1, -0.05) is 29.8 Å². The molecule has 0 amide bonds. The van der Waals surface area contributed by atoms with Crippen molar-refractivity contribution in [1.29, 1.82) is 0 Å². The van der Waals surface area contributed by atoms with Gasteiger partial charge >= 0.3 is 0 Å². The lowest BCUT2D eigenvalue weighted by molar-refractivity contribution is 0.0992. The first kappa shape index (κ1) is 15.2. The molecule has 0 heterocycles. The first-order chi connectivity index (χ1) is 10.0. The summed E-state index contributed by atoms with van der Waals surface area (Å²) >= 11 is 0. The molecule has 0 N–H and O–H groups in total. The Morgan fingerprint density at radius 3 is 2.33 bits per heavy atom. The lowest BCUT2D eigenvalue weighted by Crippen LogP contribution is -2.06. The SMILES string of the molecule is C/C=N/c1cc(C)c(C(=O)Cc2ccc(C)cc2)cc1C. The summed E-state index contributed by atoms with van der Waals surface area (Å²) < 4.78 is 0. The zero-order chi connectivity index (χ0) is 15.4. The quantitative estimate of drug-likeness (QED) is 0.586. The molecule has 2 heteroatoms. The van der Waals surface area contributed by atoms with Crippen LogP contribution in [0.25, 0.3) is 0 Å². The van der Waals surface area contributed by atoms with Crippen molar-refractivity contribution in [2.75, 3.05) is 0 Å². The molecule has 0 unspecified atom stereocenters. The van der Waals surface area contributed by atoms with Gasteiger partial charge in [-0.15, -0.1) is 0 Å². The molecule has 0 spiro atoms. The topological polar surface area (TPSA) is 29.4 Å². The van der Waals surface area contributed by atoms with E-state index in [0.29, 0.717) is 6.42 Å². The third kappa shape index (κ3) is 3.66. The molecule has 2 aromatic carbocycles. The van der Waals surface area contributed by atoms with E-state index in [9.17, 15) is 4.79 Å². The van der Waals surface area contributed by atoms with Crippen molar-refractivity contribution < 1.29 is 4.79 Å². The van der Waals surface area contributed by atoms with Crippen molar-refractivity contribution in [3.05, 3.63) is 64.2 Å². The zero-order valence-electron chi connectivity index (χ0n) is 13.1. The second-order valence-electron chi connectivity index (χ2n) is 5.43. The molecule has 0 saturated carbocycles. The number of aliphatic imine (C=N–C) groups is 1. The van der Waals surface area contributed by atoms with Crippen LogP contribution < -0.4 is 0 Å². The van der Waals surface area contributed by atoms with Gasteiger partial charge in [0.15, 0.2) is 5.78 Å². The molecule has 2 aromatic rings. The Balaban J connectivity index is 2.27. The molecule has 0 atom stereocenters. The molecule has 2 rings (SSSR count). The summed E-state index contributed by atoms with van der Waals surface area (Å²) in [7, 11) is 0. The molecule has 0 radical (unpaired) electrons. The van der Waals surface area contributed by atoms with Crippen LogP contribution >= 0.6 is 0 Å². The molecule has 2 nitrogen and oxygen atoms in total. The predicted molar refractivity (Wildman–Crippen MR) is 89.0 cm³/mol. The highest BCUT2D eigenvalue weighted by molar-refractivity contribution is 5.99. The maximum atomic E-state index is 12.5. The summed E-state index contributed by atoms with van der Waals surface area (Å²) in [6.07, 6.45) is 2.21. The largest absolute Gasteiger partial charge is 0.294 e. The highest BCUT2D eigenvalue weighted by Gasteiger charge is 2.12. The summed E-state index contributed by atoms with van der Waals surface area (Å²) in [6, 6.07) is 12.1. The molecule has 0 aliphatic carbocycles. The summed E-state index contributed by atoms with van der Waals surface area (Å²) in [5, 5.41) is 0. The van der Waals surface area contributed by atoms with E-state index in [4.69, 9.17) is 0 Å². The van der Waals surface area contributed by atoms with Gasteiger partial charge < -0.3 is 0 Å². The van der Waals surface area contributed by atoms with Gasteiger partial charge in [-0.05, 0) is 56.5 Å². The zero-order valence-corrected chi connectivity index (χ0v) is 13.1. The van der Waals surface area contributed by atoms with Gasteiger partial charge in [-0.3, -0.25) is 9.79 Å². The van der Waals surface area contributed by atoms with E-state index in [0.717, 1.165) is 27.9 Å². The van der Waals surface area contributed by atoms with E-state index in [1.807, 2.05) is 64.1 Å². The molecule has 0 aromatic heterocycles. The van der Waals surface area contributed by atoms with Gasteiger partial charge in [-0.2, -0.15) is 0 Å². The number of hydrogen-bond donors (Lipinski definition) is 0. The first-order valence-electron chi connectivity index (χ1n) is 7.20. The number of carbonyl (C=O) groups is 1. The Morgan fingerprint density at radius 1 is 1.05 bits per heavy atom. The van der Waals surface area contributed by atoms with Crippen molar-refractivity contribution >= 4 is 17.7 Å². The van der Waals surface area contributed by atoms with E-state index in [2.05, 4.69) is 4.99 Å². The van der Waals surface area contributed by atoms with Crippen LogP contribution in [0.3, 0.4) is 0 Å². The van der Waals surface area contributed by atoms with Crippen LogP contribution in [0.15, 0.2) is 41.4 Å². The highest BCUT2D eigenvalue weighted by atomic mass is 16.1. The summed E-state index contributed by atoms with van der Waals surface area (Å²) in [4.78, 5) is 16.8. The number of aryl methyl sites for hydroxylation is 3. The Kier molecular flexibility index (Phi) is 4.69. The first-order valence-corrected chi connectivity index (χ1v) is 7.20. The van der Waals surface area contributed by atoms with Gasteiger partial charge in [0.25, 0.3) is 0 Å². The van der Waals surface area contributed by atoms with Crippen molar-refractivity contribution in [1.82, 2.24) is 0 Å².